The van der Waals surface area contributed by atoms with Crippen LogP contribution in [0.25, 0.3) is 0 Å². The van der Waals surface area contributed by atoms with Gasteiger partial charge in [0.15, 0.2) is 11.7 Å². The number of rotatable bonds is 3. The van der Waals surface area contributed by atoms with Gasteiger partial charge in [-0.05, 0) is 18.4 Å². The van der Waals surface area contributed by atoms with E-state index in [-0.39, 0.29) is 5.82 Å². The quantitative estimate of drug-likeness (QED) is 0.450. The van der Waals surface area contributed by atoms with E-state index in [9.17, 15) is 5.26 Å². The molecule has 0 fully saturated rings. The molecule has 0 saturated heterocycles. The lowest BCUT2D eigenvalue weighted by atomic mass is 10.2. The average molecular weight is 333 g/mol. The fourth-order valence-electron chi connectivity index (χ4n) is 2.30. The molecule has 2 N–H and O–H groups in total. The smallest absolute Gasteiger partial charge is 0.165 e. The monoisotopic (exact) mass is 333 g/mol. The first kappa shape index (κ1) is 15.8. The first-order valence-corrected chi connectivity index (χ1v) is 8.49. The van der Waals surface area contributed by atoms with Gasteiger partial charge in [0.2, 0.25) is 0 Å². The standard InChI is InChI=1S/C18H15N5S/c1-24-18-15(12-19)16(20)22-23(18)17(13-8-4-2-5-9-13)21-14-10-6-3-7-11-14/h2-11H,1H3,(H2,20,22). The number of hydrogen-bond acceptors (Lipinski definition) is 5. The van der Waals surface area contributed by atoms with Crippen LogP contribution in [0.4, 0.5) is 11.5 Å². The molecule has 0 radical (unpaired) electrons. The summed E-state index contributed by atoms with van der Waals surface area (Å²) in [6.07, 6.45) is 1.89. The van der Waals surface area contributed by atoms with Crippen molar-refractivity contribution in [3.8, 4) is 6.07 Å². The number of nitrogens with two attached hydrogens (primary N) is 1. The Bertz CT molecular complexity index is 908. The fourth-order valence-corrected chi connectivity index (χ4v) is 2.96. The molecule has 0 spiro atoms. The Morgan fingerprint density at radius 3 is 2.33 bits per heavy atom. The highest BCUT2D eigenvalue weighted by molar-refractivity contribution is 7.98. The van der Waals surface area contributed by atoms with Gasteiger partial charge in [-0.15, -0.1) is 16.9 Å². The summed E-state index contributed by atoms with van der Waals surface area (Å²) in [6.45, 7) is 0. The van der Waals surface area contributed by atoms with Gasteiger partial charge >= 0.3 is 0 Å². The highest BCUT2D eigenvalue weighted by atomic mass is 32.2. The minimum atomic E-state index is 0.207. The Balaban J connectivity index is 2.24. The van der Waals surface area contributed by atoms with Crippen LogP contribution < -0.4 is 5.73 Å². The third-order valence-electron chi connectivity index (χ3n) is 3.40. The molecule has 0 bridgehead atoms. The molecule has 0 aliphatic heterocycles. The van der Waals surface area contributed by atoms with Crippen LogP contribution in [0.5, 0.6) is 0 Å². The first-order valence-electron chi connectivity index (χ1n) is 7.26. The zero-order valence-electron chi connectivity index (χ0n) is 13.0. The molecular formula is C18H15N5S. The molecule has 0 aliphatic carbocycles. The summed E-state index contributed by atoms with van der Waals surface area (Å²) < 4.78 is 1.64. The summed E-state index contributed by atoms with van der Waals surface area (Å²) in [4.78, 5) is 4.74. The van der Waals surface area contributed by atoms with Crippen molar-refractivity contribution in [1.82, 2.24) is 9.78 Å². The van der Waals surface area contributed by atoms with Crippen molar-refractivity contribution >= 4 is 29.1 Å². The minimum absolute atomic E-state index is 0.207. The van der Waals surface area contributed by atoms with Gasteiger partial charge in [0.25, 0.3) is 0 Å². The van der Waals surface area contributed by atoms with Crippen molar-refractivity contribution in [2.75, 3.05) is 12.0 Å². The van der Waals surface area contributed by atoms with Gasteiger partial charge in [-0.1, -0.05) is 48.5 Å². The highest BCUT2D eigenvalue weighted by Gasteiger charge is 2.19. The number of nitriles is 1. The van der Waals surface area contributed by atoms with Crippen LogP contribution >= 0.6 is 11.8 Å². The Morgan fingerprint density at radius 2 is 1.75 bits per heavy atom. The number of para-hydroxylation sites is 1. The molecule has 118 valence electrons. The molecule has 1 heterocycles. The van der Waals surface area contributed by atoms with Crippen LogP contribution in [0, 0.1) is 11.3 Å². The van der Waals surface area contributed by atoms with E-state index >= 15 is 0 Å². The zero-order chi connectivity index (χ0) is 16.9. The second-order valence-corrected chi connectivity index (χ2v) is 5.73. The lowest BCUT2D eigenvalue weighted by Crippen LogP contribution is -2.16. The molecule has 0 atom stereocenters. The molecule has 1 aromatic heterocycles. The normalized spacial score (nSPS) is 11.2. The summed E-state index contributed by atoms with van der Waals surface area (Å²) in [7, 11) is 0. The molecule has 2 aromatic carbocycles. The summed E-state index contributed by atoms with van der Waals surface area (Å²) in [5, 5.41) is 14.4. The van der Waals surface area contributed by atoms with Gasteiger partial charge in [-0.2, -0.15) is 5.26 Å². The van der Waals surface area contributed by atoms with Crippen molar-refractivity contribution < 1.29 is 0 Å². The van der Waals surface area contributed by atoms with E-state index in [1.165, 1.54) is 11.8 Å². The second-order valence-electron chi connectivity index (χ2n) is 4.93. The van der Waals surface area contributed by atoms with Gasteiger partial charge in [0.05, 0.1) is 5.69 Å². The van der Waals surface area contributed by atoms with E-state index in [0.29, 0.717) is 16.4 Å². The van der Waals surface area contributed by atoms with Crippen LogP contribution in [-0.4, -0.2) is 21.9 Å². The molecule has 24 heavy (non-hydrogen) atoms. The molecular weight excluding hydrogens is 318 g/mol. The van der Waals surface area contributed by atoms with Crippen molar-refractivity contribution in [2.24, 2.45) is 4.99 Å². The maximum absolute atomic E-state index is 9.35. The Hall–Kier alpha value is -3.04. The topological polar surface area (TPSA) is 80.0 Å². The summed E-state index contributed by atoms with van der Waals surface area (Å²) >= 11 is 1.42. The largest absolute Gasteiger partial charge is 0.381 e. The van der Waals surface area contributed by atoms with E-state index in [1.807, 2.05) is 66.9 Å². The van der Waals surface area contributed by atoms with Gasteiger partial charge in [-0.25, -0.2) is 9.67 Å². The number of aromatic nitrogens is 2. The number of aliphatic imine (C=N–C) groups is 1. The van der Waals surface area contributed by atoms with Crippen LogP contribution in [0.1, 0.15) is 11.1 Å². The molecule has 0 saturated carbocycles. The van der Waals surface area contributed by atoms with Crippen molar-refractivity contribution in [3.05, 3.63) is 71.8 Å². The van der Waals surface area contributed by atoms with Crippen LogP contribution in [0.15, 0.2) is 70.7 Å². The molecule has 3 rings (SSSR count). The van der Waals surface area contributed by atoms with E-state index in [4.69, 9.17) is 10.7 Å². The van der Waals surface area contributed by atoms with Crippen molar-refractivity contribution in [3.63, 3.8) is 0 Å². The molecule has 3 aromatic rings. The number of anilines is 1. The van der Waals surface area contributed by atoms with Crippen LogP contribution in [-0.2, 0) is 0 Å². The number of nitrogen functional groups attached to an aromatic ring is 1. The molecule has 5 nitrogen and oxygen atoms in total. The SMILES string of the molecule is CSc1c(C#N)c(N)nn1C(=Nc1ccccc1)c1ccccc1. The van der Waals surface area contributed by atoms with Crippen LogP contribution in [0.3, 0.4) is 0 Å². The lowest BCUT2D eigenvalue weighted by molar-refractivity contribution is 0.856. The second kappa shape index (κ2) is 7.02. The first-order chi connectivity index (χ1) is 11.7. The number of nitrogens with zero attached hydrogens (tertiary/aromatic N) is 4. The molecule has 0 unspecified atom stereocenters. The lowest BCUT2D eigenvalue weighted by Gasteiger charge is -2.10. The molecule has 0 amide bonds. The van der Waals surface area contributed by atoms with Crippen molar-refractivity contribution in [1.29, 1.82) is 5.26 Å². The highest BCUT2D eigenvalue weighted by Crippen LogP contribution is 2.26. The fraction of sp³-hybridized carbons (Fsp3) is 0.0556. The van der Waals surface area contributed by atoms with Crippen LogP contribution in [0.2, 0.25) is 0 Å². The summed E-state index contributed by atoms with van der Waals surface area (Å²) in [6, 6.07) is 21.5. The summed E-state index contributed by atoms with van der Waals surface area (Å²) in [5.41, 5.74) is 7.98. The zero-order valence-corrected chi connectivity index (χ0v) is 13.9. The number of hydrogen-bond donors (Lipinski definition) is 1. The van der Waals surface area contributed by atoms with Gasteiger partial charge in [0, 0.05) is 5.56 Å². The third kappa shape index (κ3) is 3.03. The Kier molecular flexibility index (Phi) is 4.64. The van der Waals surface area contributed by atoms with Crippen molar-refractivity contribution in [2.45, 2.75) is 5.03 Å². The van der Waals surface area contributed by atoms with Gasteiger partial charge in [-0.3, -0.25) is 0 Å². The van der Waals surface area contributed by atoms with Gasteiger partial charge in [0.1, 0.15) is 16.7 Å². The summed E-state index contributed by atoms with van der Waals surface area (Å²) in [5.74, 6) is 0.831. The van der Waals surface area contributed by atoms with E-state index < -0.39 is 0 Å². The van der Waals surface area contributed by atoms with E-state index in [1.54, 1.807) is 4.68 Å². The Morgan fingerprint density at radius 1 is 1.12 bits per heavy atom. The number of benzene rings is 2. The minimum Gasteiger partial charge on any atom is -0.381 e. The van der Waals surface area contributed by atoms with Gasteiger partial charge < -0.3 is 5.73 Å². The Labute approximate surface area is 144 Å². The maximum Gasteiger partial charge on any atom is 0.165 e. The maximum atomic E-state index is 9.35. The third-order valence-corrected chi connectivity index (χ3v) is 4.16. The van der Waals surface area contributed by atoms with E-state index in [0.717, 1.165) is 11.3 Å². The molecule has 0 aliphatic rings. The predicted molar refractivity (Wildman–Crippen MR) is 97.6 cm³/mol. The average Bonchev–Trinajstić information content (AvgIpc) is 2.96. The molecule has 6 heteroatoms. The predicted octanol–water partition coefficient (Wildman–Crippen LogP) is 3.69. The number of thioether (sulfide) groups is 1. The van der Waals surface area contributed by atoms with E-state index in [2.05, 4.69) is 11.2 Å².